The lowest BCUT2D eigenvalue weighted by atomic mass is 10.2. The first-order valence-corrected chi connectivity index (χ1v) is 8.56. The molecule has 0 heterocycles. The number of carbonyl (C=O) groups is 2. The molecule has 0 radical (unpaired) electrons. The summed E-state index contributed by atoms with van der Waals surface area (Å²) in [4.78, 5) is 22.6. The van der Waals surface area contributed by atoms with Gasteiger partial charge < -0.3 is 10.1 Å². The molecule has 6 nitrogen and oxygen atoms in total. The van der Waals surface area contributed by atoms with Gasteiger partial charge in [0, 0.05) is 6.92 Å². The summed E-state index contributed by atoms with van der Waals surface area (Å²) in [5.41, 5.74) is 0. The molecule has 0 aromatic rings. The van der Waals surface area contributed by atoms with Crippen molar-refractivity contribution in [3.8, 4) is 0 Å². The molecular formula is C13H25NO5S. The summed E-state index contributed by atoms with van der Waals surface area (Å²) < 4.78 is 29.3. The molecule has 0 aliphatic carbocycles. The van der Waals surface area contributed by atoms with Crippen molar-refractivity contribution < 1.29 is 22.7 Å². The highest BCUT2D eigenvalue weighted by molar-refractivity contribution is 7.92. The highest BCUT2D eigenvalue weighted by Gasteiger charge is 2.32. The Morgan fingerprint density at radius 1 is 1.15 bits per heavy atom. The van der Waals surface area contributed by atoms with Crippen molar-refractivity contribution in [2.24, 2.45) is 0 Å². The van der Waals surface area contributed by atoms with Crippen LogP contribution in [0.5, 0.6) is 0 Å². The maximum atomic E-state index is 12.4. The van der Waals surface area contributed by atoms with Gasteiger partial charge in [-0.3, -0.25) is 4.79 Å². The van der Waals surface area contributed by atoms with E-state index in [0.717, 1.165) is 12.8 Å². The van der Waals surface area contributed by atoms with E-state index in [0.29, 0.717) is 12.8 Å². The highest BCUT2D eigenvalue weighted by Crippen LogP contribution is 2.17. The predicted molar refractivity (Wildman–Crippen MR) is 77.0 cm³/mol. The van der Waals surface area contributed by atoms with E-state index in [-0.39, 0.29) is 0 Å². The molecule has 0 bridgehead atoms. The number of hydrogen-bond acceptors (Lipinski definition) is 5. The molecule has 1 atom stereocenters. The number of hydrogen-bond donors (Lipinski definition) is 1. The minimum atomic E-state index is -3.46. The molecule has 0 fully saturated rings. The van der Waals surface area contributed by atoms with Crippen LogP contribution in [0.15, 0.2) is 0 Å². The Hall–Kier alpha value is -1.11. The second-order valence-electron chi connectivity index (χ2n) is 4.81. The number of nitrogens with one attached hydrogen (secondary N) is 1. The summed E-state index contributed by atoms with van der Waals surface area (Å²) in [7, 11) is -2.30. The van der Waals surface area contributed by atoms with Gasteiger partial charge in [-0.25, -0.2) is 13.2 Å². The van der Waals surface area contributed by atoms with E-state index in [2.05, 4.69) is 10.1 Å². The normalized spacial score (nSPS) is 13.1. The number of ether oxygens (including phenoxy) is 1. The van der Waals surface area contributed by atoms with Gasteiger partial charge in [0.25, 0.3) is 0 Å². The monoisotopic (exact) mass is 307 g/mol. The van der Waals surface area contributed by atoms with Crippen molar-refractivity contribution in [2.75, 3.05) is 12.9 Å². The standard InChI is InChI=1S/C13H25NO5S/c1-5-7-11(8-6-2)20(17,18)9-12(13(16)19-4)14-10(3)15/h11-12H,5-9H2,1-4H3,(H,14,15)/t12-/m0/s1. The van der Waals surface area contributed by atoms with E-state index in [4.69, 9.17) is 0 Å². The molecule has 1 amide bonds. The SMILES string of the molecule is CCCC(CCC)S(=O)(=O)C[C@H](NC(C)=O)C(=O)OC. The molecular weight excluding hydrogens is 282 g/mol. The third-order valence-corrected chi connectivity index (χ3v) is 5.28. The van der Waals surface area contributed by atoms with Gasteiger partial charge in [0.1, 0.15) is 6.04 Å². The Balaban J connectivity index is 5.05. The summed E-state index contributed by atoms with van der Waals surface area (Å²) in [5.74, 6) is -1.61. The fourth-order valence-corrected chi connectivity index (χ4v) is 4.22. The van der Waals surface area contributed by atoms with E-state index in [9.17, 15) is 18.0 Å². The van der Waals surface area contributed by atoms with Crippen molar-refractivity contribution in [3.05, 3.63) is 0 Å². The molecule has 0 saturated heterocycles. The zero-order chi connectivity index (χ0) is 15.8. The summed E-state index contributed by atoms with van der Waals surface area (Å²) in [6, 6.07) is -1.14. The van der Waals surface area contributed by atoms with Crippen LogP contribution in [0.1, 0.15) is 46.5 Å². The first-order chi connectivity index (χ1) is 9.28. The Bertz CT molecular complexity index is 412. The van der Waals surface area contributed by atoms with Crippen LogP contribution in [0.2, 0.25) is 0 Å². The van der Waals surface area contributed by atoms with Gasteiger partial charge in [0.05, 0.1) is 18.1 Å². The van der Waals surface area contributed by atoms with Crippen LogP contribution >= 0.6 is 0 Å². The first-order valence-electron chi connectivity index (χ1n) is 6.84. The van der Waals surface area contributed by atoms with Crippen LogP contribution in [0.3, 0.4) is 0 Å². The second kappa shape index (κ2) is 8.94. The van der Waals surface area contributed by atoms with Crippen LogP contribution in [-0.4, -0.2) is 44.4 Å². The van der Waals surface area contributed by atoms with E-state index in [1.807, 2.05) is 13.8 Å². The first kappa shape index (κ1) is 18.9. The Labute approximate surface area is 121 Å². The summed E-state index contributed by atoms with van der Waals surface area (Å²) in [5, 5.41) is 1.86. The van der Waals surface area contributed by atoms with Crippen LogP contribution in [0, 0.1) is 0 Å². The largest absolute Gasteiger partial charge is 0.467 e. The van der Waals surface area contributed by atoms with Gasteiger partial charge in [-0.1, -0.05) is 26.7 Å². The molecule has 0 rings (SSSR count). The van der Waals surface area contributed by atoms with Crippen LogP contribution in [-0.2, 0) is 24.2 Å². The Kier molecular flexibility index (Phi) is 8.45. The van der Waals surface area contributed by atoms with E-state index >= 15 is 0 Å². The third kappa shape index (κ3) is 6.36. The molecule has 0 aromatic carbocycles. The predicted octanol–water partition coefficient (Wildman–Crippen LogP) is 1.05. The van der Waals surface area contributed by atoms with E-state index < -0.39 is 38.8 Å². The van der Waals surface area contributed by atoms with Gasteiger partial charge in [-0.05, 0) is 12.8 Å². The Morgan fingerprint density at radius 2 is 1.65 bits per heavy atom. The molecule has 0 aliphatic rings. The minimum absolute atomic E-state index is 0.413. The fraction of sp³-hybridized carbons (Fsp3) is 0.846. The lowest BCUT2D eigenvalue weighted by Crippen LogP contribution is -2.46. The maximum absolute atomic E-state index is 12.4. The third-order valence-electron chi connectivity index (χ3n) is 2.99. The average Bonchev–Trinajstić information content (AvgIpc) is 2.36. The lowest BCUT2D eigenvalue weighted by molar-refractivity contribution is -0.144. The van der Waals surface area contributed by atoms with Gasteiger partial charge >= 0.3 is 5.97 Å². The summed E-state index contributed by atoms with van der Waals surface area (Å²) in [6.45, 7) is 5.08. The maximum Gasteiger partial charge on any atom is 0.329 e. The van der Waals surface area contributed by atoms with E-state index in [1.54, 1.807) is 0 Å². The van der Waals surface area contributed by atoms with E-state index in [1.165, 1.54) is 14.0 Å². The lowest BCUT2D eigenvalue weighted by Gasteiger charge is -2.20. The molecule has 0 spiro atoms. The summed E-state index contributed by atoms with van der Waals surface area (Å²) >= 11 is 0. The molecule has 0 unspecified atom stereocenters. The number of carbonyl (C=O) groups excluding carboxylic acids is 2. The highest BCUT2D eigenvalue weighted by atomic mass is 32.2. The van der Waals surface area contributed by atoms with Gasteiger partial charge in [0.15, 0.2) is 9.84 Å². The van der Waals surface area contributed by atoms with Crippen molar-refractivity contribution >= 4 is 21.7 Å². The number of esters is 1. The molecule has 0 aromatic heterocycles. The van der Waals surface area contributed by atoms with Crippen molar-refractivity contribution in [1.29, 1.82) is 0 Å². The molecule has 20 heavy (non-hydrogen) atoms. The number of methoxy groups -OCH3 is 1. The topological polar surface area (TPSA) is 89.5 Å². The zero-order valence-corrected chi connectivity index (χ0v) is 13.5. The van der Waals surface area contributed by atoms with Gasteiger partial charge in [0.2, 0.25) is 5.91 Å². The van der Waals surface area contributed by atoms with Crippen molar-refractivity contribution in [2.45, 2.75) is 57.7 Å². The van der Waals surface area contributed by atoms with Crippen molar-refractivity contribution in [3.63, 3.8) is 0 Å². The number of rotatable bonds is 9. The smallest absolute Gasteiger partial charge is 0.329 e. The van der Waals surface area contributed by atoms with Crippen LogP contribution < -0.4 is 5.32 Å². The molecule has 1 N–H and O–H groups in total. The Morgan fingerprint density at radius 3 is 2.00 bits per heavy atom. The average molecular weight is 307 g/mol. The number of amides is 1. The number of sulfone groups is 1. The van der Waals surface area contributed by atoms with Gasteiger partial charge in [-0.2, -0.15) is 0 Å². The van der Waals surface area contributed by atoms with Crippen LogP contribution in [0.4, 0.5) is 0 Å². The van der Waals surface area contributed by atoms with Crippen LogP contribution in [0.25, 0.3) is 0 Å². The molecule has 0 saturated carbocycles. The quantitative estimate of drug-likeness (QED) is 0.643. The zero-order valence-electron chi connectivity index (χ0n) is 12.6. The minimum Gasteiger partial charge on any atom is -0.467 e. The molecule has 0 aliphatic heterocycles. The fourth-order valence-electron chi connectivity index (χ4n) is 2.07. The molecule has 118 valence electrons. The second-order valence-corrected chi connectivity index (χ2v) is 7.13. The summed E-state index contributed by atoms with van der Waals surface area (Å²) in [6.07, 6.45) is 2.63. The van der Waals surface area contributed by atoms with Gasteiger partial charge in [-0.15, -0.1) is 0 Å². The molecule has 7 heteroatoms. The van der Waals surface area contributed by atoms with Crippen molar-refractivity contribution in [1.82, 2.24) is 5.32 Å².